The lowest BCUT2D eigenvalue weighted by Crippen LogP contribution is -1.99. The highest BCUT2D eigenvalue weighted by Gasteiger charge is 2.01. The lowest BCUT2D eigenvalue weighted by Gasteiger charge is -2.06. The topological polar surface area (TPSA) is 64.5 Å². The maximum Gasteiger partial charge on any atom is 0.104 e. The third kappa shape index (κ3) is 2.47. The molecule has 0 unspecified atom stereocenters. The number of aromatic amines is 1. The SMILES string of the molecule is Cc1nc2ccc(NCc3cccc(C#N)c3)cc2[nH]1. The van der Waals surface area contributed by atoms with Crippen LogP contribution in [-0.2, 0) is 6.54 Å². The molecule has 1 heterocycles. The highest BCUT2D eigenvalue weighted by Crippen LogP contribution is 2.18. The van der Waals surface area contributed by atoms with E-state index < -0.39 is 0 Å². The molecule has 0 aliphatic rings. The molecular formula is C16H14N4. The van der Waals surface area contributed by atoms with E-state index in [1.165, 1.54) is 0 Å². The molecule has 0 fully saturated rings. The van der Waals surface area contributed by atoms with Crippen LogP contribution in [0.15, 0.2) is 42.5 Å². The predicted molar refractivity (Wildman–Crippen MR) is 79.3 cm³/mol. The summed E-state index contributed by atoms with van der Waals surface area (Å²) in [7, 11) is 0. The quantitative estimate of drug-likeness (QED) is 0.760. The number of H-pyrrole nitrogens is 1. The summed E-state index contributed by atoms with van der Waals surface area (Å²) in [5.74, 6) is 0.916. The van der Waals surface area contributed by atoms with E-state index in [1.807, 2.05) is 49.4 Å². The number of aryl methyl sites for hydroxylation is 1. The normalized spacial score (nSPS) is 10.4. The van der Waals surface area contributed by atoms with Crippen molar-refractivity contribution in [2.75, 3.05) is 5.32 Å². The minimum absolute atomic E-state index is 0.684. The molecule has 2 N–H and O–H groups in total. The van der Waals surface area contributed by atoms with Crippen molar-refractivity contribution in [3.63, 3.8) is 0 Å². The molecule has 0 spiro atoms. The highest BCUT2D eigenvalue weighted by atomic mass is 14.9. The van der Waals surface area contributed by atoms with Gasteiger partial charge in [0, 0.05) is 12.2 Å². The van der Waals surface area contributed by atoms with E-state index in [-0.39, 0.29) is 0 Å². The van der Waals surface area contributed by atoms with Crippen LogP contribution in [0.4, 0.5) is 5.69 Å². The lowest BCUT2D eigenvalue weighted by molar-refractivity contribution is 1.15. The van der Waals surface area contributed by atoms with Gasteiger partial charge in [-0.2, -0.15) is 5.26 Å². The Morgan fingerprint density at radius 1 is 1.25 bits per heavy atom. The zero-order chi connectivity index (χ0) is 13.9. The van der Waals surface area contributed by atoms with Crippen molar-refractivity contribution < 1.29 is 0 Å². The minimum atomic E-state index is 0.684. The number of nitrogens with zero attached hydrogens (tertiary/aromatic N) is 2. The van der Waals surface area contributed by atoms with E-state index in [0.717, 1.165) is 28.1 Å². The largest absolute Gasteiger partial charge is 0.381 e. The molecule has 4 heteroatoms. The van der Waals surface area contributed by atoms with Crippen LogP contribution in [0.1, 0.15) is 17.0 Å². The van der Waals surface area contributed by atoms with Crippen molar-refractivity contribution in [2.24, 2.45) is 0 Å². The average molecular weight is 262 g/mol. The van der Waals surface area contributed by atoms with Gasteiger partial charge in [0.05, 0.1) is 22.7 Å². The van der Waals surface area contributed by atoms with Crippen molar-refractivity contribution >= 4 is 16.7 Å². The van der Waals surface area contributed by atoms with Gasteiger partial charge in [0.2, 0.25) is 0 Å². The van der Waals surface area contributed by atoms with Crippen LogP contribution in [0.5, 0.6) is 0 Å². The summed E-state index contributed by atoms with van der Waals surface area (Å²) in [6.45, 7) is 2.63. The Morgan fingerprint density at radius 3 is 3.00 bits per heavy atom. The molecule has 1 aromatic heterocycles. The van der Waals surface area contributed by atoms with E-state index in [1.54, 1.807) is 0 Å². The monoisotopic (exact) mass is 262 g/mol. The first kappa shape index (κ1) is 12.2. The number of rotatable bonds is 3. The Bertz CT molecular complexity index is 796. The number of aromatic nitrogens is 2. The Hall–Kier alpha value is -2.80. The molecule has 3 rings (SSSR count). The molecule has 2 aromatic carbocycles. The van der Waals surface area contributed by atoms with Gasteiger partial charge in [-0.15, -0.1) is 0 Å². The Kier molecular flexibility index (Phi) is 3.10. The van der Waals surface area contributed by atoms with Gasteiger partial charge >= 0.3 is 0 Å². The van der Waals surface area contributed by atoms with Crippen molar-refractivity contribution in [3.05, 3.63) is 59.4 Å². The van der Waals surface area contributed by atoms with Crippen LogP contribution in [0.25, 0.3) is 11.0 Å². The summed E-state index contributed by atoms with van der Waals surface area (Å²) in [6.07, 6.45) is 0. The smallest absolute Gasteiger partial charge is 0.104 e. The molecule has 0 saturated carbocycles. The number of nitrogens with one attached hydrogen (secondary N) is 2. The Morgan fingerprint density at radius 2 is 2.15 bits per heavy atom. The van der Waals surface area contributed by atoms with Crippen LogP contribution in [0.3, 0.4) is 0 Å². The molecule has 0 atom stereocenters. The summed E-state index contributed by atoms with van der Waals surface area (Å²) in [5, 5.41) is 12.2. The third-order valence-electron chi connectivity index (χ3n) is 3.15. The van der Waals surface area contributed by atoms with Gasteiger partial charge in [-0.05, 0) is 42.8 Å². The molecule has 0 bridgehead atoms. The molecule has 0 aliphatic carbocycles. The Labute approximate surface area is 117 Å². The standard InChI is InChI=1S/C16H14N4/c1-11-19-15-6-5-14(8-16(15)20-11)18-10-13-4-2-3-12(7-13)9-17/h2-8,18H,10H2,1H3,(H,19,20). The summed E-state index contributed by atoms with van der Waals surface area (Å²) in [6, 6.07) is 15.8. The fourth-order valence-corrected chi connectivity index (χ4v) is 2.20. The maximum atomic E-state index is 8.89. The first-order valence-corrected chi connectivity index (χ1v) is 6.44. The number of anilines is 1. The van der Waals surface area contributed by atoms with Gasteiger partial charge < -0.3 is 10.3 Å². The van der Waals surface area contributed by atoms with Crippen molar-refractivity contribution in [3.8, 4) is 6.07 Å². The zero-order valence-electron chi connectivity index (χ0n) is 11.1. The number of hydrogen-bond donors (Lipinski definition) is 2. The van der Waals surface area contributed by atoms with E-state index in [2.05, 4.69) is 21.4 Å². The predicted octanol–water partition coefficient (Wildman–Crippen LogP) is 3.36. The molecule has 0 saturated heterocycles. The summed E-state index contributed by atoms with van der Waals surface area (Å²) < 4.78 is 0. The molecule has 0 aliphatic heterocycles. The Balaban J connectivity index is 1.77. The minimum Gasteiger partial charge on any atom is -0.381 e. The van der Waals surface area contributed by atoms with E-state index in [4.69, 9.17) is 5.26 Å². The lowest BCUT2D eigenvalue weighted by atomic mass is 10.1. The second kappa shape index (κ2) is 5.06. The molecule has 0 radical (unpaired) electrons. The summed E-state index contributed by atoms with van der Waals surface area (Å²) in [4.78, 5) is 7.60. The van der Waals surface area contributed by atoms with Crippen LogP contribution in [0, 0.1) is 18.3 Å². The molecular weight excluding hydrogens is 248 g/mol. The van der Waals surface area contributed by atoms with Gasteiger partial charge in [-0.25, -0.2) is 4.98 Å². The number of fused-ring (bicyclic) bond motifs is 1. The number of hydrogen-bond acceptors (Lipinski definition) is 3. The van der Waals surface area contributed by atoms with Gasteiger partial charge in [0.15, 0.2) is 0 Å². The van der Waals surface area contributed by atoms with Crippen molar-refractivity contribution in [2.45, 2.75) is 13.5 Å². The van der Waals surface area contributed by atoms with Crippen LogP contribution in [0.2, 0.25) is 0 Å². The van der Waals surface area contributed by atoms with Gasteiger partial charge in [-0.1, -0.05) is 12.1 Å². The zero-order valence-corrected chi connectivity index (χ0v) is 11.1. The van der Waals surface area contributed by atoms with Gasteiger partial charge in [0.1, 0.15) is 5.82 Å². The van der Waals surface area contributed by atoms with E-state index in [0.29, 0.717) is 12.1 Å². The molecule has 3 aromatic rings. The van der Waals surface area contributed by atoms with E-state index in [9.17, 15) is 0 Å². The fraction of sp³-hybridized carbons (Fsp3) is 0.125. The van der Waals surface area contributed by atoms with Crippen molar-refractivity contribution in [1.29, 1.82) is 5.26 Å². The second-order valence-electron chi connectivity index (χ2n) is 4.72. The molecule has 0 amide bonds. The van der Waals surface area contributed by atoms with Gasteiger partial charge in [-0.3, -0.25) is 0 Å². The van der Waals surface area contributed by atoms with Crippen LogP contribution >= 0.6 is 0 Å². The third-order valence-corrected chi connectivity index (χ3v) is 3.15. The average Bonchev–Trinajstić information content (AvgIpc) is 2.84. The van der Waals surface area contributed by atoms with E-state index >= 15 is 0 Å². The molecule has 98 valence electrons. The number of nitriles is 1. The first-order valence-electron chi connectivity index (χ1n) is 6.44. The molecule has 4 nitrogen and oxygen atoms in total. The van der Waals surface area contributed by atoms with Crippen LogP contribution in [-0.4, -0.2) is 9.97 Å². The summed E-state index contributed by atoms with van der Waals surface area (Å²) in [5.41, 5.74) is 4.80. The second-order valence-corrected chi connectivity index (χ2v) is 4.72. The summed E-state index contributed by atoms with van der Waals surface area (Å²) >= 11 is 0. The first-order chi connectivity index (χ1) is 9.74. The highest BCUT2D eigenvalue weighted by molar-refractivity contribution is 5.79. The number of benzene rings is 2. The number of imidazole rings is 1. The molecule has 20 heavy (non-hydrogen) atoms. The van der Waals surface area contributed by atoms with Gasteiger partial charge in [0.25, 0.3) is 0 Å². The maximum absolute atomic E-state index is 8.89. The fourth-order valence-electron chi connectivity index (χ4n) is 2.20. The van der Waals surface area contributed by atoms with Crippen LogP contribution < -0.4 is 5.32 Å². The van der Waals surface area contributed by atoms with Crippen molar-refractivity contribution in [1.82, 2.24) is 9.97 Å².